The number of aromatic nitrogens is 4. The van der Waals surface area contributed by atoms with Crippen LogP contribution in [-0.2, 0) is 6.54 Å². The smallest absolute Gasteiger partial charge is 0.273 e. The molecule has 0 saturated heterocycles. The fourth-order valence-corrected chi connectivity index (χ4v) is 2.86. The van der Waals surface area contributed by atoms with E-state index in [0.717, 1.165) is 10.6 Å². The minimum atomic E-state index is -0.167. The van der Waals surface area contributed by atoms with E-state index >= 15 is 0 Å². The van der Waals surface area contributed by atoms with Gasteiger partial charge in [-0.15, -0.1) is 11.3 Å². The summed E-state index contributed by atoms with van der Waals surface area (Å²) in [7, 11) is 1.69. The van der Waals surface area contributed by atoms with E-state index < -0.39 is 0 Å². The van der Waals surface area contributed by atoms with Crippen LogP contribution >= 0.6 is 11.3 Å². The van der Waals surface area contributed by atoms with Crippen molar-refractivity contribution in [3.63, 3.8) is 0 Å². The van der Waals surface area contributed by atoms with E-state index in [0.29, 0.717) is 23.3 Å². The Morgan fingerprint density at radius 2 is 2.21 bits per heavy atom. The molecule has 124 valence electrons. The first kappa shape index (κ1) is 16.3. The van der Waals surface area contributed by atoms with Crippen molar-refractivity contribution in [1.29, 1.82) is 0 Å². The number of carbonyl (C=O) groups is 1. The molecule has 3 rings (SSSR count). The quantitative estimate of drug-likeness (QED) is 0.708. The number of pyridine rings is 1. The van der Waals surface area contributed by atoms with Gasteiger partial charge in [-0.1, -0.05) is 19.0 Å². The van der Waals surface area contributed by atoms with E-state index in [1.165, 1.54) is 16.2 Å². The van der Waals surface area contributed by atoms with Crippen LogP contribution in [0.1, 0.15) is 41.2 Å². The highest BCUT2D eigenvalue weighted by molar-refractivity contribution is 7.09. The number of nitrogens with zero attached hydrogens (tertiary/aromatic N) is 5. The first-order chi connectivity index (χ1) is 11.5. The van der Waals surface area contributed by atoms with Gasteiger partial charge in [-0.3, -0.25) is 9.78 Å². The van der Waals surface area contributed by atoms with Gasteiger partial charge in [0.1, 0.15) is 12.2 Å². The van der Waals surface area contributed by atoms with Gasteiger partial charge in [-0.05, 0) is 12.1 Å². The average Bonchev–Trinajstić information content (AvgIpc) is 3.24. The summed E-state index contributed by atoms with van der Waals surface area (Å²) in [6, 6.07) is 3.65. The van der Waals surface area contributed by atoms with E-state index in [2.05, 4.69) is 34.0 Å². The third-order valence-corrected chi connectivity index (χ3v) is 4.49. The van der Waals surface area contributed by atoms with Gasteiger partial charge in [0.15, 0.2) is 0 Å². The van der Waals surface area contributed by atoms with E-state index in [1.807, 2.05) is 6.07 Å². The van der Waals surface area contributed by atoms with Crippen molar-refractivity contribution < 1.29 is 9.32 Å². The molecule has 0 fully saturated rings. The average molecular weight is 343 g/mol. The molecule has 3 heterocycles. The van der Waals surface area contributed by atoms with Gasteiger partial charge in [0.05, 0.1) is 5.01 Å². The van der Waals surface area contributed by atoms with Crippen molar-refractivity contribution in [3.8, 4) is 11.4 Å². The normalized spacial score (nSPS) is 11.0. The molecule has 3 aromatic heterocycles. The minimum absolute atomic E-state index is 0.167. The fraction of sp³-hybridized carbons (Fsp3) is 0.312. The van der Waals surface area contributed by atoms with Crippen LogP contribution in [0.5, 0.6) is 0 Å². The van der Waals surface area contributed by atoms with Crippen molar-refractivity contribution in [2.75, 3.05) is 7.05 Å². The molecule has 7 nitrogen and oxygen atoms in total. The molecule has 0 saturated carbocycles. The van der Waals surface area contributed by atoms with Crippen LogP contribution in [0, 0.1) is 0 Å². The second-order valence-electron chi connectivity index (χ2n) is 5.64. The van der Waals surface area contributed by atoms with Crippen molar-refractivity contribution >= 4 is 17.2 Å². The number of hydrogen-bond donors (Lipinski definition) is 0. The number of carbonyl (C=O) groups excluding carboxylic acids is 1. The Morgan fingerprint density at radius 1 is 1.38 bits per heavy atom. The van der Waals surface area contributed by atoms with Crippen LogP contribution in [0.15, 0.2) is 34.4 Å². The lowest BCUT2D eigenvalue weighted by atomic mass is 10.2. The van der Waals surface area contributed by atoms with Gasteiger partial charge >= 0.3 is 0 Å². The number of rotatable bonds is 5. The van der Waals surface area contributed by atoms with E-state index in [1.54, 1.807) is 30.9 Å². The van der Waals surface area contributed by atoms with E-state index in [-0.39, 0.29) is 12.5 Å². The van der Waals surface area contributed by atoms with Crippen LogP contribution < -0.4 is 0 Å². The zero-order valence-corrected chi connectivity index (χ0v) is 14.4. The molecule has 3 aromatic rings. The predicted molar refractivity (Wildman–Crippen MR) is 89.5 cm³/mol. The zero-order chi connectivity index (χ0) is 17.1. The van der Waals surface area contributed by atoms with Gasteiger partial charge in [0, 0.05) is 36.3 Å². The summed E-state index contributed by atoms with van der Waals surface area (Å²) in [5, 5.41) is 6.65. The highest BCUT2D eigenvalue weighted by atomic mass is 32.1. The second kappa shape index (κ2) is 6.88. The molecular formula is C16H17N5O2S. The Morgan fingerprint density at radius 3 is 2.88 bits per heavy atom. The maximum Gasteiger partial charge on any atom is 0.273 e. The standard InChI is InChI=1S/C16H17N5O2S/c1-10(2)15-18-12(9-24-15)16(22)21(3)8-13-19-14(20-23-13)11-5-4-6-17-7-11/h4-7,9-10H,8H2,1-3H3. The van der Waals surface area contributed by atoms with Gasteiger partial charge in [0.2, 0.25) is 11.7 Å². The molecule has 0 spiro atoms. The fourth-order valence-electron chi connectivity index (χ4n) is 2.05. The largest absolute Gasteiger partial charge is 0.337 e. The second-order valence-corrected chi connectivity index (χ2v) is 6.53. The molecule has 0 N–H and O–H groups in total. The lowest BCUT2D eigenvalue weighted by Gasteiger charge is -2.12. The van der Waals surface area contributed by atoms with E-state index in [9.17, 15) is 4.79 Å². The Balaban J connectivity index is 1.69. The summed E-state index contributed by atoms with van der Waals surface area (Å²) >= 11 is 1.49. The van der Waals surface area contributed by atoms with Gasteiger partial charge in [-0.25, -0.2) is 4.98 Å². The van der Waals surface area contributed by atoms with Crippen LogP contribution in [0.4, 0.5) is 0 Å². The molecule has 0 unspecified atom stereocenters. The highest BCUT2D eigenvalue weighted by Gasteiger charge is 2.19. The Labute approximate surface area is 143 Å². The highest BCUT2D eigenvalue weighted by Crippen LogP contribution is 2.20. The molecule has 0 aliphatic heterocycles. The van der Waals surface area contributed by atoms with Gasteiger partial charge < -0.3 is 9.42 Å². The molecule has 0 radical (unpaired) electrons. The third-order valence-electron chi connectivity index (χ3n) is 3.34. The van der Waals surface area contributed by atoms with Crippen LogP contribution in [-0.4, -0.2) is 38.0 Å². The summed E-state index contributed by atoms with van der Waals surface area (Å²) < 4.78 is 5.22. The first-order valence-corrected chi connectivity index (χ1v) is 8.36. The molecule has 1 amide bonds. The summed E-state index contributed by atoms with van der Waals surface area (Å²) in [6.45, 7) is 4.32. The lowest BCUT2D eigenvalue weighted by Crippen LogP contribution is -2.26. The van der Waals surface area contributed by atoms with Crippen LogP contribution in [0.3, 0.4) is 0 Å². The monoisotopic (exact) mass is 343 g/mol. The lowest BCUT2D eigenvalue weighted by molar-refractivity contribution is 0.0764. The Hall–Kier alpha value is -2.61. The summed E-state index contributed by atoms with van der Waals surface area (Å²) in [5.74, 6) is 0.956. The third kappa shape index (κ3) is 3.48. The molecule has 0 atom stereocenters. The molecule has 0 aliphatic rings. The molecule has 8 heteroatoms. The Bertz CT molecular complexity index is 828. The molecule has 0 bridgehead atoms. The number of thiazole rings is 1. The SMILES string of the molecule is CC(C)c1nc(C(=O)N(C)Cc2nc(-c3cccnc3)no2)cs1. The van der Waals surface area contributed by atoms with Crippen molar-refractivity contribution in [2.24, 2.45) is 0 Å². The van der Waals surface area contributed by atoms with E-state index in [4.69, 9.17) is 4.52 Å². The predicted octanol–water partition coefficient (Wildman–Crippen LogP) is 2.98. The maximum absolute atomic E-state index is 12.4. The minimum Gasteiger partial charge on any atom is -0.337 e. The van der Waals surface area contributed by atoms with Crippen molar-refractivity contribution in [1.82, 2.24) is 25.0 Å². The molecule has 0 aromatic carbocycles. The van der Waals surface area contributed by atoms with Crippen molar-refractivity contribution in [2.45, 2.75) is 26.3 Å². The van der Waals surface area contributed by atoms with Gasteiger partial charge in [0.25, 0.3) is 5.91 Å². The maximum atomic E-state index is 12.4. The van der Waals surface area contributed by atoms with Crippen LogP contribution in [0.25, 0.3) is 11.4 Å². The molecular weight excluding hydrogens is 326 g/mol. The Kier molecular flexibility index (Phi) is 4.66. The topological polar surface area (TPSA) is 85.0 Å². The number of amides is 1. The first-order valence-electron chi connectivity index (χ1n) is 7.48. The molecule has 24 heavy (non-hydrogen) atoms. The number of hydrogen-bond acceptors (Lipinski definition) is 7. The van der Waals surface area contributed by atoms with Gasteiger partial charge in [-0.2, -0.15) is 4.98 Å². The summed E-state index contributed by atoms with van der Waals surface area (Å²) in [6.07, 6.45) is 3.34. The summed E-state index contributed by atoms with van der Waals surface area (Å²) in [5.41, 5.74) is 1.21. The van der Waals surface area contributed by atoms with Crippen molar-refractivity contribution in [3.05, 3.63) is 46.5 Å². The molecule has 0 aliphatic carbocycles. The van der Waals surface area contributed by atoms with Crippen LogP contribution in [0.2, 0.25) is 0 Å². The zero-order valence-electron chi connectivity index (χ0n) is 13.6. The summed E-state index contributed by atoms with van der Waals surface area (Å²) in [4.78, 5) is 26.6.